The lowest BCUT2D eigenvalue weighted by Gasteiger charge is -2.34. The van der Waals surface area contributed by atoms with Crippen LogP contribution in [0.15, 0.2) is 36.4 Å². The van der Waals surface area contributed by atoms with Gasteiger partial charge in [0.15, 0.2) is 0 Å². The SMILES string of the molecule is Cc1c(Cl)cccc1NC(=O)CN1CC(C)Oc2ccc(N)cc21. The maximum atomic E-state index is 12.5. The molecule has 0 radical (unpaired) electrons. The largest absolute Gasteiger partial charge is 0.487 e. The van der Waals surface area contributed by atoms with Crippen molar-refractivity contribution in [1.82, 2.24) is 0 Å². The summed E-state index contributed by atoms with van der Waals surface area (Å²) in [4.78, 5) is 14.5. The molecule has 2 aromatic rings. The maximum Gasteiger partial charge on any atom is 0.243 e. The van der Waals surface area contributed by atoms with Crippen molar-refractivity contribution in [3.63, 3.8) is 0 Å². The lowest BCUT2D eigenvalue weighted by atomic mass is 10.1. The van der Waals surface area contributed by atoms with Crippen LogP contribution in [0.3, 0.4) is 0 Å². The fraction of sp³-hybridized carbons (Fsp3) is 0.278. The Morgan fingerprint density at radius 2 is 2.21 bits per heavy atom. The fourth-order valence-electron chi connectivity index (χ4n) is 2.80. The first kappa shape index (κ1) is 16.5. The summed E-state index contributed by atoms with van der Waals surface area (Å²) in [5, 5.41) is 3.55. The van der Waals surface area contributed by atoms with Crippen molar-refractivity contribution in [2.45, 2.75) is 20.0 Å². The van der Waals surface area contributed by atoms with Crippen molar-refractivity contribution in [1.29, 1.82) is 0 Å². The minimum absolute atomic E-state index is 0.00169. The highest BCUT2D eigenvalue weighted by Gasteiger charge is 2.25. The Labute approximate surface area is 146 Å². The summed E-state index contributed by atoms with van der Waals surface area (Å²) in [6, 6.07) is 10.9. The van der Waals surface area contributed by atoms with Gasteiger partial charge in [0.1, 0.15) is 11.9 Å². The molecule has 0 aromatic heterocycles. The Morgan fingerprint density at radius 3 is 3.00 bits per heavy atom. The van der Waals surface area contributed by atoms with Crippen LogP contribution in [0, 0.1) is 6.92 Å². The smallest absolute Gasteiger partial charge is 0.243 e. The monoisotopic (exact) mass is 345 g/mol. The van der Waals surface area contributed by atoms with Crippen molar-refractivity contribution < 1.29 is 9.53 Å². The number of nitrogens with zero attached hydrogens (tertiary/aromatic N) is 1. The number of halogens is 1. The number of hydrogen-bond donors (Lipinski definition) is 2. The summed E-state index contributed by atoms with van der Waals surface area (Å²) in [5.74, 6) is 0.637. The molecule has 3 N–H and O–H groups in total. The molecular formula is C18H20ClN3O2. The molecule has 0 saturated heterocycles. The molecule has 0 bridgehead atoms. The molecule has 2 aromatic carbocycles. The number of carbonyl (C=O) groups excluding carboxylic acids is 1. The van der Waals surface area contributed by atoms with Crippen LogP contribution in [-0.4, -0.2) is 25.1 Å². The van der Waals surface area contributed by atoms with Crippen LogP contribution in [0.5, 0.6) is 5.75 Å². The van der Waals surface area contributed by atoms with Gasteiger partial charge in [-0.2, -0.15) is 0 Å². The molecule has 1 unspecified atom stereocenters. The Hall–Kier alpha value is -2.40. The number of hydrogen-bond acceptors (Lipinski definition) is 4. The third-order valence-electron chi connectivity index (χ3n) is 4.01. The first-order valence-corrected chi connectivity index (χ1v) is 8.18. The molecule has 3 rings (SSSR count). The summed E-state index contributed by atoms with van der Waals surface area (Å²) in [7, 11) is 0. The minimum Gasteiger partial charge on any atom is -0.487 e. The van der Waals surface area contributed by atoms with Crippen LogP contribution < -0.4 is 20.7 Å². The quantitative estimate of drug-likeness (QED) is 0.836. The second-order valence-electron chi connectivity index (χ2n) is 6.00. The highest BCUT2D eigenvalue weighted by molar-refractivity contribution is 6.31. The van der Waals surface area contributed by atoms with Crippen molar-refractivity contribution in [2.24, 2.45) is 0 Å². The van der Waals surface area contributed by atoms with Gasteiger partial charge in [-0.15, -0.1) is 0 Å². The molecule has 5 nitrogen and oxygen atoms in total. The molecule has 1 atom stereocenters. The Morgan fingerprint density at radius 1 is 1.42 bits per heavy atom. The second-order valence-corrected chi connectivity index (χ2v) is 6.40. The number of nitrogen functional groups attached to an aromatic ring is 1. The molecule has 1 heterocycles. The van der Waals surface area contributed by atoms with E-state index in [4.69, 9.17) is 22.1 Å². The summed E-state index contributed by atoms with van der Waals surface area (Å²) < 4.78 is 5.81. The van der Waals surface area contributed by atoms with Gasteiger partial charge in [-0.3, -0.25) is 4.79 Å². The standard InChI is InChI=1S/C18H20ClN3O2/c1-11-9-22(16-8-13(20)6-7-17(16)24-11)10-18(23)21-15-5-3-4-14(19)12(15)2/h3-8,11H,9-10,20H2,1-2H3,(H,21,23). The highest BCUT2D eigenvalue weighted by atomic mass is 35.5. The van der Waals surface area contributed by atoms with Gasteiger partial charge in [-0.25, -0.2) is 0 Å². The number of fused-ring (bicyclic) bond motifs is 1. The zero-order chi connectivity index (χ0) is 17.3. The summed E-state index contributed by atoms with van der Waals surface area (Å²) in [6.45, 7) is 4.70. The number of carbonyl (C=O) groups is 1. The predicted molar refractivity (Wildman–Crippen MR) is 98.0 cm³/mol. The lowest BCUT2D eigenvalue weighted by Crippen LogP contribution is -2.42. The molecule has 24 heavy (non-hydrogen) atoms. The zero-order valence-corrected chi connectivity index (χ0v) is 14.4. The van der Waals surface area contributed by atoms with E-state index in [1.807, 2.05) is 43.0 Å². The number of rotatable bonds is 3. The van der Waals surface area contributed by atoms with Crippen molar-refractivity contribution in [3.8, 4) is 5.75 Å². The fourth-order valence-corrected chi connectivity index (χ4v) is 2.97. The van der Waals surface area contributed by atoms with E-state index in [0.717, 1.165) is 22.7 Å². The van der Waals surface area contributed by atoms with Crippen LogP contribution in [-0.2, 0) is 4.79 Å². The second kappa shape index (κ2) is 6.61. The Bertz CT molecular complexity index is 779. The first-order valence-electron chi connectivity index (χ1n) is 7.80. The normalized spacial score (nSPS) is 16.3. The number of nitrogens with one attached hydrogen (secondary N) is 1. The summed E-state index contributed by atoms with van der Waals surface area (Å²) in [6.07, 6.45) is 0.00169. The molecule has 0 saturated carbocycles. The Balaban J connectivity index is 1.77. The van der Waals surface area contributed by atoms with E-state index in [1.165, 1.54) is 0 Å². The number of anilines is 3. The molecule has 0 spiro atoms. The molecule has 1 amide bonds. The Kier molecular flexibility index (Phi) is 4.53. The van der Waals surface area contributed by atoms with E-state index in [9.17, 15) is 4.79 Å². The van der Waals surface area contributed by atoms with Crippen molar-refractivity contribution >= 4 is 34.6 Å². The number of benzene rings is 2. The number of ether oxygens (including phenoxy) is 1. The molecule has 0 fully saturated rings. The molecule has 1 aliphatic heterocycles. The summed E-state index contributed by atoms with van der Waals surface area (Å²) in [5.41, 5.74) is 8.93. The lowest BCUT2D eigenvalue weighted by molar-refractivity contribution is -0.115. The van der Waals surface area contributed by atoms with E-state index >= 15 is 0 Å². The van der Waals surface area contributed by atoms with Crippen molar-refractivity contribution in [2.75, 3.05) is 29.0 Å². The molecule has 0 aliphatic carbocycles. The topological polar surface area (TPSA) is 67.6 Å². The van der Waals surface area contributed by atoms with Gasteiger partial charge < -0.3 is 20.7 Å². The molecule has 6 heteroatoms. The average molecular weight is 346 g/mol. The van der Waals surface area contributed by atoms with E-state index in [-0.39, 0.29) is 18.6 Å². The maximum absolute atomic E-state index is 12.5. The first-order chi connectivity index (χ1) is 11.4. The minimum atomic E-state index is -0.108. The van der Waals surface area contributed by atoms with Gasteiger partial charge in [0.2, 0.25) is 5.91 Å². The van der Waals surface area contributed by atoms with E-state index in [2.05, 4.69) is 5.32 Å². The van der Waals surface area contributed by atoms with Crippen LogP contribution in [0.4, 0.5) is 17.1 Å². The van der Waals surface area contributed by atoms with Gasteiger partial charge in [0.25, 0.3) is 0 Å². The van der Waals surface area contributed by atoms with Gasteiger partial charge in [0.05, 0.1) is 18.8 Å². The molecule has 126 valence electrons. The summed E-state index contributed by atoms with van der Waals surface area (Å²) >= 11 is 6.10. The van der Waals surface area contributed by atoms with Crippen LogP contribution >= 0.6 is 11.6 Å². The number of nitrogens with two attached hydrogens (primary N) is 1. The van der Waals surface area contributed by atoms with E-state index in [1.54, 1.807) is 12.1 Å². The predicted octanol–water partition coefficient (Wildman–Crippen LogP) is 3.46. The van der Waals surface area contributed by atoms with Crippen LogP contribution in [0.1, 0.15) is 12.5 Å². The van der Waals surface area contributed by atoms with Gasteiger partial charge in [-0.1, -0.05) is 17.7 Å². The average Bonchev–Trinajstić information content (AvgIpc) is 2.52. The number of amides is 1. The molecule has 1 aliphatic rings. The zero-order valence-electron chi connectivity index (χ0n) is 13.7. The third kappa shape index (κ3) is 3.41. The van der Waals surface area contributed by atoms with Crippen molar-refractivity contribution in [3.05, 3.63) is 47.0 Å². The van der Waals surface area contributed by atoms with Crippen LogP contribution in [0.25, 0.3) is 0 Å². The van der Waals surface area contributed by atoms with Gasteiger partial charge >= 0.3 is 0 Å². The van der Waals surface area contributed by atoms with Gasteiger partial charge in [-0.05, 0) is 49.7 Å². The highest BCUT2D eigenvalue weighted by Crippen LogP contribution is 2.35. The third-order valence-corrected chi connectivity index (χ3v) is 4.42. The van der Waals surface area contributed by atoms with Gasteiger partial charge in [0, 0.05) is 16.4 Å². The molecular weight excluding hydrogens is 326 g/mol. The van der Waals surface area contributed by atoms with E-state index < -0.39 is 0 Å². The van der Waals surface area contributed by atoms with Crippen LogP contribution in [0.2, 0.25) is 5.02 Å². The van der Waals surface area contributed by atoms with E-state index in [0.29, 0.717) is 17.3 Å².